The van der Waals surface area contributed by atoms with Gasteiger partial charge in [-0.15, -0.1) is 6.58 Å². The molecule has 2 heterocycles. The van der Waals surface area contributed by atoms with Crippen molar-refractivity contribution in [3.05, 3.63) is 89.4 Å². The molecule has 0 aliphatic carbocycles. The molecule has 0 atom stereocenters. The van der Waals surface area contributed by atoms with E-state index in [1.807, 2.05) is 35.8 Å². The maximum Gasteiger partial charge on any atom is 0.265 e. The van der Waals surface area contributed by atoms with Gasteiger partial charge >= 0.3 is 0 Å². The molecule has 3 aromatic rings. The number of nitrogens with zero attached hydrogens (tertiary/aromatic N) is 2. The largest absolute Gasteiger partial charge is 0.340 e. The molecule has 0 spiro atoms. The molecule has 1 saturated heterocycles. The molecule has 4 rings (SSSR count). The molecular formula is C24H20FN3O2S. The number of thiocarbonyl (C=S) groups is 1. The van der Waals surface area contributed by atoms with Crippen LogP contribution in [0.5, 0.6) is 0 Å². The summed E-state index contributed by atoms with van der Waals surface area (Å²) in [7, 11) is 0. The smallest absolute Gasteiger partial charge is 0.265 e. The zero-order chi connectivity index (χ0) is 22.1. The first-order valence-corrected chi connectivity index (χ1v) is 10.1. The van der Waals surface area contributed by atoms with Crippen LogP contribution >= 0.6 is 12.2 Å². The van der Waals surface area contributed by atoms with E-state index in [1.165, 1.54) is 11.0 Å². The first-order chi connectivity index (χ1) is 14.9. The van der Waals surface area contributed by atoms with Gasteiger partial charge < -0.3 is 4.57 Å². The number of nitrogens with one attached hydrogen (secondary N) is 1. The first kappa shape index (κ1) is 20.7. The topological polar surface area (TPSA) is 54.3 Å². The summed E-state index contributed by atoms with van der Waals surface area (Å²) in [5.41, 5.74) is 2.99. The van der Waals surface area contributed by atoms with Crippen molar-refractivity contribution in [2.75, 3.05) is 6.54 Å². The molecule has 0 unspecified atom stereocenters. The van der Waals surface area contributed by atoms with Crippen molar-refractivity contribution >= 4 is 46.1 Å². The number of aromatic nitrogens is 1. The Morgan fingerprint density at radius 3 is 2.58 bits per heavy atom. The molecule has 1 fully saturated rings. The average molecular weight is 434 g/mol. The number of hydrogen-bond acceptors (Lipinski definition) is 3. The summed E-state index contributed by atoms with van der Waals surface area (Å²) >= 11 is 5.11. The van der Waals surface area contributed by atoms with Gasteiger partial charge in [0.05, 0.1) is 6.54 Å². The van der Waals surface area contributed by atoms with E-state index >= 15 is 0 Å². The van der Waals surface area contributed by atoms with E-state index in [2.05, 4.69) is 11.9 Å². The molecule has 5 nitrogen and oxygen atoms in total. The summed E-state index contributed by atoms with van der Waals surface area (Å²) < 4.78 is 16.3. The Hall–Kier alpha value is -3.58. The monoisotopic (exact) mass is 433 g/mol. The van der Waals surface area contributed by atoms with Crippen molar-refractivity contribution in [2.45, 2.75) is 13.5 Å². The highest BCUT2D eigenvalue weighted by molar-refractivity contribution is 7.80. The second kappa shape index (κ2) is 8.28. The predicted octanol–water partition coefficient (Wildman–Crippen LogP) is 3.95. The number of benzene rings is 2. The number of carbonyl (C=O) groups excluding carboxylic acids is 2. The van der Waals surface area contributed by atoms with Gasteiger partial charge in [-0.3, -0.25) is 19.8 Å². The highest BCUT2D eigenvalue weighted by atomic mass is 32.1. The summed E-state index contributed by atoms with van der Waals surface area (Å²) in [6.07, 6.45) is 3.13. The quantitative estimate of drug-likeness (QED) is 0.287. The highest BCUT2D eigenvalue weighted by Crippen LogP contribution is 2.30. The number of para-hydroxylation sites is 1. The number of halogens is 1. The maximum absolute atomic E-state index is 14.3. The molecule has 0 radical (unpaired) electrons. The molecule has 1 aliphatic heterocycles. The van der Waals surface area contributed by atoms with Crippen LogP contribution in [0.3, 0.4) is 0 Å². The Balaban J connectivity index is 1.85. The highest BCUT2D eigenvalue weighted by Gasteiger charge is 2.33. The lowest BCUT2D eigenvalue weighted by molar-refractivity contribution is -0.128. The summed E-state index contributed by atoms with van der Waals surface area (Å²) in [5.74, 6) is -1.30. The van der Waals surface area contributed by atoms with Crippen molar-refractivity contribution in [3.63, 3.8) is 0 Å². The van der Waals surface area contributed by atoms with Gasteiger partial charge in [0, 0.05) is 34.3 Å². The Bertz CT molecular complexity index is 1280. The number of rotatable bonds is 5. The van der Waals surface area contributed by atoms with Gasteiger partial charge in [0.15, 0.2) is 5.11 Å². The molecule has 2 aromatic carbocycles. The lowest BCUT2D eigenvalue weighted by Crippen LogP contribution is -2.53. The summed E-state index contributed by atoms with van der Waals surface area (Å²) in [4.78, 5) is 26.8. The summed E-state index contributed by atoms with van der Waals surface area (Å²) in [5, 5.41) is 3.49. The Kier molecular flexibility index (Phi) is 5.52. The average Bonchev–Trinajstić information content (AvgIpc) is 3.01. The zero-order valence-corrected chi connectivity index (χ0v) is 17.7. The first-order valence-electron chi connectivity index (χ1n) is 9.73. The van der Waals surface area contributed by atoms with E-state index in [0.717, 1.165) is 22.2 Å². The van der Waals surface area contributed by atoms with Crippen molar-refractivity contribution in [1.29, 1.82) is 0 Å². The van der Waals surface area contributed by atoms with Gasteiger partial charge in [0.1, 0.15) is 11.4 Å². The van der Waals surface area contributed by atoms with E-state index < -0.39 is 11.8 Å². The second-order valence-electron chi connectivity index (χ2n) is 7.22. The Morgan fingerprint density at radius 2 is 1.84 bits per heavy atom. The van der Waals surface area contributed by atoms with Crippen LogP contribution in [-0.2, 0) is 16.1 Å². The third-order valence-electron chi connectivity index (χ3n) is 5.35. The lowest BCUT2D eigenvalue weighted by atomic mass is 10.0. The Labute approximate surface area is 184 Å². The Morgan fingerprint density at radius 1 is 1.13 bits per heavy atom. The molecular weight excluding hydrogens is 413 g/mol. The van der Waals surface area contributed by atoms with Crippen molar-refractivity contribution in [3.8, 4) is 0 Å². The van der Waals surface area contributed by atoms with Gasteiger partial charge in [-0.05, 0) is 37.4 Å². The minimum Gasteiger partial charge on any atom is -0.340 e. The predicted molar refractivity (Wildman–Crippen MR) is 123 cm³/mol. The minimum absolute atomic E-state index is 0.00709. The number of carbonyl (C=O) groups is 2. The van der Waals surface area contributed by atoms with Gasteiger partial charge in [0.2, 0.25) is 0 Å². The van der Waals surface area contributed by atoms with Gasteiger partial charge in [-0.25, -0.2) is 4.39 Å². The van der Waals surface area contributed by atoms with E-state index in [4.69, 9.17) is 12.2 Å². The van der Waals surface area contributed by atoms with Crippen molar-refractivity contribution in [1.82, 2.24) is 14.8 Å². The van der Waals surface area contributed by atoms with E-state index in [0.29, 0.717) is 12.1 Å². The fourth-order valence-corrected chi connectivity index (χ4v) is 4.02. The fourth-order valence-electron chi connectivity index (χ4n) is 3.77. The fraction of sp³-hybridized carbons (Fsp3) is 0.125. The zero-order valence-electron chi connectivity index (χ0n) is 16.9. The van der Waals surface area contributed by atoms with Gasteiger partial charge in [-0.1, -0.05) is 42.5 Å². The van der Waals surface area contributed by atoms with Crippen molar-refractivity contribution in [2.24, 2.45) is 0 Å². The summed E-state index contributed by atoms with van der Waals surface area (Å²) in [6.45, 7) is 6.06. The molecule has 0 saturated carbocycles. The van der Waals surface area contributed by atoms with Crippen LogP contribution in [0.2, 0.25) is 0 Å². The normalized spacial score (nSPS) is 15.6. The number of amides is 2. The molecule has 2 amide bonds. The lowest BCUT2D eigenvalue weighted by Gasteiger charge is -2.27. The van der Waals surface area contributed by atoms with Gasteiger partial charge in [0.25, 0.3) is 11.8 Å². The molecule has 1 N–H and O–H groups in total. The minimum atomic E-state index is -0.541. The van der Waals surface area contributed by atoms with E-state index in [-0.39, 0.29) is 23.0 Å². The van der Waals surface area contributed by atoms with Crippen molar-refractivity contribution < 1.29 is 14.0 Å². The molecule has 0 bridgehead atoms. The summed E-state index contributed by atoms with van der Waals surface area (Å²) in [6, 6.07) is 14.3. The van der Waals surface area contributed by atoms with Crippen LogP contribution in [0.4, 0.5) is 4.39 Å². The van der Waals surface area contributed by atoms with Crippen LogP contribution in [0.25, 0.3) is 17.0 Å². The standard InChI is InChI=1S/C24H20FN3O2S/c1-3-12-27-23(30)19(22(29)26-24(27)31)13-18-15(2)28(21-11-7-5-9-17(18)21)14-16-8-4-6-10-20(16)25/h3-11,13H,1,12,14H2,2H3,(H,26,29,31)/b19-13+. The molecule has 1 aromatic heterocycles. The van der Waals surface area contributed by atoms with Gasteiger partial charge in [-0.2, -0.15) is 0 Å². The molecule has 31 heavy (non-hydrogen) atoms. The van der Waals surface area contributed by atoms with Crippen LogP contribution < -0.4 is 5.32 Å². The molecule has 7 heteroatoms. The number of fused-ring (bicyclic) bond motifs is 1. The van der Waals surface area contributed by atoms with E-state index in [9.17, 15) is 14.0 Å². The van der Waals surface area contributed by atoms with E-state index in [1.54, 1.807) is 30.4 Å². The molecule has 1 aliphatic rings. The third kappa shape index (κ3) is 3.68. The van der Waals surface area contributed by atoms with Crippen LogP contribution in [0.1, 0.15) is 16.8 Å². The third-order valence-corrected chi connectivity index (χ3v) is 5.67. The SMILES string of the molecule is C=CCN1C(=O)/C(=C/c2c(C)n(Cc3ccccc3F)c3ccccc23)C(=O)NC1=S. The molecule has 156 valence electrons. The second-order valence-corrected chi connectivity index (χ2v) is 7.60. The van der Waals surface area contributed by atoms with Crippen LogP contribution in [0, 0.1) is 12.7 Å². The number of hydrogen-bond donors (Lipinski definition) is 1. The maximum atomic E-state index is 14.3. The van der Waals surface area contributed by atoms with Crippen LogP contribution in [0.15, 0.2) is 66.8 Å². The van der Waals surface area contributed by atoms with Crippen LogP contribution in [-0.4, -0.2) is 32.9 Å².